The zero-order chi connectivity index (χ0) is 11.0. The molecule has 15 heavy (non-hydrogen) atoms. The Balaban J connectivity index is 2.80. The molecule has 76 valence electrons. The predicted octanol–water partition coefficient (Wildman–Crippen LogP) is 3.74. The quantitative estimate of drug-likeness (QED) is 0.561. The molecule has 4 heteroatoms. The van der Waals surface area contributed by atoms with Gasteiger partial charge in [0.15, 0.2) is 5.78 Å². The smallest absolute Gasteiger partial charge is 0.161 e. The third-order valence-electron chi connectivity index (χ3n) is 2.15. The monoisotopic (exact) mass is 239 g/mol. The van der Waals surface area contributed by atoms with Crippen LogP contribution in [-0.4, -0.2) is 10.8 Å². The number of carbonyl (C=O) groups excluding carboxylic acids is 1. The topological polar surface area (TPSA) is 30.0 Å². The number of carbonyl (C=O) groups is 1. The number of ketones is 1. The van der Waals surface area contributed by atoms with Crippen LogP contribution in [0.4, 0.5) is 0 Å². The van der Waals surface area contributed by atoms with Crippen molar-refractivity contribution in [1.82, 2.24) is 4.98 Å². The molecule has 2 rings (SSSR count). The number of benzene rings is 1. The first-order valence-corrected chi connectivity index (χ1v) is 5.11. The molecule has 0 amide bonds. The van der Waals surface area contributed by atoms with E-state index in [9.17, 15) is 4.79 Å². The van der Waals surface area contributed by atoms with Gasteiger partial charge >= 0.3 is 0 Å². The predicted molar refractivity (Wildman–Crippen MR) is 61.8 cm³/mol. The highest BCUT2D eigenvalue weighted by atomic mass is 35.5. The summed E-state index contributed by atoms with van der Waals surface area (Å²) in [5.41, 5.74) is 1.20. The Morgan fingerprint density at radius 1 is 1.20 bits per heavy atom. The van der Waals surface area contributed by atoms with E-state index in [-0.39, 0.29) is 5.78 Å². The number of pyridine rings is 1. The molecule has 1 heterocycles. The highest BCUT2D eigenvalue weighted by Crippen LogP contribution is 2.27. The third-order valence-corrected chi connectivity index (χ3v) is 2.77. The molecule has 2 aromatic rings. The van der Waals surface area contributed by atoms with E-state index < -0.39 is 0 Å². The first-order chi connectivity index (χ1) is 7.09. The zero-order valence-corrected chi connectivity index (χ0v) is 9.43. The number of nitrogens with zero attached hydrogens (tertiary/aromatic N) is 1. The minimum atomic E-state index is -0.0585. The van der Waals surface area contributed by atoms with E-state index in [0.29, 0.717) is 21.3 Å². The fourth-order valence-electron chi connectivity index (χ4n) is 1.42. The molecule has 0 spiro atoms. The van der Waals surface area contributed by atoms with Crippen molar-refractivity contribution in [3.05, 3.63) is 40.0 Å². The first-order valence-electron chi connectivity index (χ1n) is 4.35. The van der Waals surface area contributed by atoms with Crippen LogP contribution in [0, 0.1) is 0 Å². The summed E-state index contributed by atoms with van der Waals surface area (Å²) >= 11 is 11.8. The lowest BCUT2D eigenvalue weighted by Crippen LogP contribution is -1.94. The summed E-state index contributed by atoms with van der Waals surface area (Å²) < 4.78 is 0. The van der Waals surface area contributed by atoms with Crippen molar-refractivity contribution in [2.24, 2.45) is 0 Å². The van der Waals surface area contributed by atoms with Crippen LogP contribution in [-0.2, 0) is 0 Å². The summed E-state index contributed by atoms with van der Waals surface area (Å²) in [6, 6.07) is 6.82. The average molecular weight is 240 g/mol. The summed E-state index contributed by atoms with van der Waals surface area (Å²) in [5, 5.41) is 1.59. The van der Waals surface area contributed by atoms with Gasteiger partial charge in [0.1, 0.15) is 5.15 Å². The molecule has 0 aliphatic carbocycles. The highest BCUT2D eigenvalue weighted by molar-refractivity contribution is 6.38. The Kier molecular flexibility index (Phi) is 2.63. The molecular formula is C11H7Cl2NO. The van der Waals surface area contributed by atoms with Crippen molar-refractivity contribution < 1.29 is 4.79 Å². The van der Waals surface area contributed by atoms with Gasteiger partial charge in [-0.1, -0.05) is 23.2 Å². The van der Waals surface area contributed by atoms with Gasteiger partial charge in [-0.05, 0) is 31.2 Å². The van der Waals surface area contributed by atoms with E-state index in [2.05, 4.69) is 4.98 Å². The van der Waals surface area contributed by atoms with Gasteiger partial charge in [-0.25, -0.2) is 4.98 Å². The van der Waals surface area contributed by atoms with E-state index in [0.717, 1.165) is 5.39 Å². The number of rotatable bonds is 1. The minimum Gasteiger partial charge on any atom is -0.294 e. The fourth-order valence-corrected chi connectivity index (χ4v) is 1.93. The van der Waals surface area contributed by atoms with Crippen LogP contribution in [0.1, 0.15) is 17.3 Å². The van der Waals surface area contributed by atoms with Crippen LogP contribution in [0.5, 0.6) is 0 Å². The lowest BCUT2D eigenvalue weighted by atomic mass is 10.1. The van der Waals surface area contributed by atoms with Crippen molar-refractivity contribution in [2.75, 3.05) is 0 Å². The number of Topliss-reactive ketones (excluding diaryl/α,β-unsaturated/α-hetero) is 1. The molecule has 0 saturated heterocycles. The molecule has 0 aliphatic rings. The van der Waals surface area contributed by atoms with Gasteiger partial charge in [0.05, 0.1) is 10.5 Å². The molecule has 1 aromatic heterocycles. The summed E-state index contributed by atoms with van der Waals surface area (Å²) in [5.74, 6) is -0.0585. The molecule has 1 aromatic carbocycles. The van der Waals surface area contributed by atoms with E-state index in [1.807, 2.05) is 0 Å². The summed E-state index contributed by atoms with van der Waals surface area (Å²) in [6.45, 7) is 1.48. The molecule has 0 fully saturated rings. The molecule has 0 bridgehead atoms. The van der Waals surface area contributed by atoms with Gasteiger partial charge in [-0.3, -0.25) is 4.79 Å². The zero-order valence-electron chi connectivity index (χ0n) is 7.92. The molecule has 0 radical (unpaired) electrons. The number of aromatic nitrogens is 1. The average Bonchev–Trinajstić information content (AvgIpc) is 2.17. The van der Waals surface area contributed by atoms with E-state index in [4.69, 9.17) is 23.2 Å². The van der Waals surface area contributed by atoms with Crippen LogP contribution < -0.4 is 0 Å². The standard InChI is InChI=1S/C11H7Cl2NO/c1-6(15)7-2-4-9-8(11(7)13)3-5-10(12)14-9/h2-5H,1H3. The molecule has 2 nitrogen and oxygen atoms in total. The van der Waals surface area contributed by atoms with Gasteiger partial charge in [0.25, 0.3) is 0 Å². The number of hydrogen-bond donors (Lipinski definition) is 0. The van der Waals surface area contributed by atoms with Crippen LogP contribution in [0.15, 0.2) is 24.3 Å². The maximum Gasteiger partial charge on any atom is 0.161 e. The normalized spacial score (nSPS) is 10.6. The van der Waals surface area contributed by atoms with E-state index >= 15 is 0 Å². The van der Waals surface area contributed by atoms with Crippen LogP contribution >= 0.6 is 23.2 Å². The maximum absolute atomic E-state index is 11.2. The molecule has 0 N–H and O–H groups in total. The molecule has 0 unspecified atom stereocenters. The van der Waals surface area contributed by atoms with E-state index in [1.165, 1.54) is 6.92 Å². The van der Waals surface area contributed by atoms with Crippen molar-refractivity contribution in [3.8, 4) is 0 Å². The minimum absolute atomic E-state index is 0.0585. The number of fused-ring (bicyclic) bond motifs is 1. The molecular weight excluding hydrogens is 233 g/mol. The second-order valence-electron chi connectivity index (χ2n) is 3.18. The lowest BCUT2D eigenvalue weighted by Gasteiger charge is -2.04. The molecule has 0 saturated carbocycles. The van der Waals surface area contributed by atoms with Crippen LogP contribution in [0.2, 0.25) is 10.2 Å². The van der Waals surface area contributed by atoms with Gasteiger partial charge < -0.3 is 0 Å². The number of hydrogen-bond acceptors (Lipinski definition) is 2. The van der Waals surface area contributed by atoms with Crippen LogP contribution in [0.25, 0.3) is 10.9 Å². The van der Waals surface area contributed by atoms with Gasteiger partial charge in [-0.15, -0.1) is 0 Å². The van der Waals surface area contributed by atoms with Gasteiger partial charge in [0.2, 0.25) is 0 Å². The van der Waals surface area contributed by atoms with Crippen molar-refractivity contribution >= 4 is 39.9 Å². The second kappa shape index (κ2) is 3.80. The Bertz CT molecular complexity index is 552. The Hall–Kier alpha value is -1.12. The van der Waals surface area contributed by atoms with Crippen molar-refractivity contribution in [3.63, 3.8) is 0 Å². The fraction of sp³-hybridized carbons (Fsp3) is 0.0909. The first kappa shape index (κ1) is 10.4. The van der Waals surface area contributed by atoms with Gasteiger partial charge in [0, 0.05) is 10.9 Å². The number of halogens is 2. The summed E-state index contributed by atoms with van der Waals surface area (Å²) in [6.07, 6.45) is 0. The van der Waals surface area contributed by atoms with Crippen molar-refractivity contribution in [1.29, 1.82) is 0 Å². The SMILES string of the molecule is CC(=O)c1ccc2nc(Cl)ccc2c1Cl. The Labute approximate surface area is 96.8 Å². The van der Waals surface area contributed by atoms with Gasteiger partial charge in [-0.2, -0.15) is 0 Å². The Morgan fingerprint density at radius 3 is 2.60 bits per heavy atom. The summed E-state index contributed by atoms with van der Waals surface area (Å²) in [4.78, 5) is 15.4. The molecule has 0 atom stereocenters. The maximum atomic E-state index is 11.2. The largest absolute Gasteiger partial charge is 0.294 e. The van der Waals surface area contributed by atoms with Crippen LogP contribution in [0.3, 0.4) is 0 Å². The third kappa shape index (κ3) is 1.83. The second-order valence-corrected chi connectivity index (χ2v) is 3.95. The van der Waals surface area contributed by atoms with Crippen molar-refractivity contribution in [2.45, 2.75) is 6.92 Å². The van der Waals surface area contributed by atoms with E-state index in [1.54, 1.807) is 24.3 Å². The highest BCUT2D eigenvalue weighted by Gasteiger charge is 2.09. The summed E-state index contributed by atoms with van der Waals surface area (Å²) in [7, 11) is 0. The molecule has 0 aliphatic heterocycles. The Morgan fingerprint density at radius 2 is 1.93 bits per heavy atom. The lowest BCUT2D eigenvalue weighted by molar-refractivity contribution is 0.101.